The summed E-state index contributed by atoms with van der Waals surface area (Å²) in [6.45, 7) is 2.95. The van der Waals surface area contributed by atoms with Gasteiger partial charge < -0.3 is 9.79 Å². The molecule has 0 heterocycles. The molecule has 0 aromatic carbocycles. The third kappa shape index (κ3) is 12.3. The van der Waals surface area contributed by atoms with E-state index in [1.54, 1.807) is 0 Å². The molecular weight excluding hydrogens is 185 g/mol. The Hall–Kier alpha value is 0.310. The molecule has 0 radical (unpaired) electrons. The Labute approximate surface area is 82.5 Å². The second kappa shape index (κ2) is 10.4. The molecule has 0 aromatic heterocycles. The Balaban J connectivity index is 2.84. The number of hydrogen-bond donors (Lipinski definition) is 3. The van der Waals surface area contributed by atoms with Crippen LogP contribution in [0.2, 0.25) is 0 Å². The van der Waals surface area contributed by atoms with Crippen molar-refractivity contribution in [1.29, 1.82) is 0 Å². The number of hydrogen-bond acceptors (Lipinski definition) is 3. The van der Waals surface area contributed by atoms with Crippen LogP contribution in [-0.2, 0) is 0 Å². The first-order chi connectivity index (χ1) is 6.27. The number of nitrogens with one attached hydrogen (secondary N) is 1. The Morgan fingerprint density at radius 3 is 2.00 bits per heavy atom. The van der Waals surface area contributed by atoms with Crippen LogP contribution in [0.5, 0.6) is 0 Å². The molecular formula is C9H22NO2P. The van der Waals surface area contributed by atoms with Crippen LogP contribution in [0, 0.1) is 0 Å². The van der Waals surface area contributed by atoms with Crippen LogP contribution in [0.15, 0.2) is 0 Å². The zero-order valence-electron chi connectivity index (χ0n) is 8.50. The summed E-state index contributed by atoms with van der Waals surface area (Å²) in [4.78, 5) is 17.1. The van der Waals surface area contributed by atoms with Gasteiger partial charge in [0.1, 0.15) is 0 Å². The molecule has 3 nitrogen and oxygen atoms in total. The van der Waals surface area contributed by atoms with E-state index in [-0.39, 0.29) is 0 Å². The smallest absolute Gasteiger partial charge is 0.250 e. The fourth-order valence-corrected chi connectivity index (χ4v) is 1.62. The van der Waals surface area contributed by atoms with E-state index >= 15 is 0 Å². The monoisotopic (exact) mass is 207 g/mol. The van der Waals surface area contributed by atoms with Gasteiger partial charge in [0.05, 0.1) is 0 Å². The molecule has 4 heteroatoms. The summed E-state index contributed by atoms with van der Waals surface area (Å²) in [6, 6.07) is 0. The van der Waals surface area contributed by atoms with Crippen LogP contribution in [0.1, 0.15) is 51.9 Å². The minimum atomic E-state index is -1.88. The zero-order valence-corrected chi connectivity index (χ0v) is 9.39. The second-order valence-corrected chi connectivity index (χ2v) is 4.21. The summed E-state index contributed by atoms with van der Waals surface area (Å²) in [7, 11) is -1.88. The summed E-state index contributed by atoms with van der Waals surface area (Å²) in [5.74, 6) is 0. The molecule has 0 aliphatic heterocycles. The van der Waals surface area contributed by atoms with E-state index in [1.807, 2.05) is 0 Å². The highest BCUT2D eigenvalue weighted by Gasteiger charge is 1.95. The van der Waals surface area contributed by atoms with Crippen molar-refractivity contribution >= 4 is 8.53 Å². The summed E-state index contributed by atoms with van der Waals surface area (Å²) < 4.78 is 0. The third-order valence-electron chi connectivity index (χ3n) is 2.03. The topological polar surface area (TPSA) is 52.5 Å². The minimum absolute atomic E-state index is 0.729. The minimum Gasteiger partial charge on any atom is -0.338 e. The van der Waals surface area contributed by atoms with Crippen molar-refractivity contribution in [2.24, 2.45) is 0 Å². The maximum Gasteiger partial charge on any atom is 0.250 e. The first kappa shape index (κ1) is 13.3. The molecule has 0 fully saturated rings. The molecule has 0 aliphatic carbocycles. The predicted octanol–water partition coefficient (Wildman–Crippen LogP) is 2.54. The van der Waals surface area contributed by atoms with Crippen LogP contribution in [0.25, 0.3) is 0 Å². The maximum absolute atomic E-state index is 8.53. The third-order valence-corrected chi connectivity index (χ3v) is 2.54. The van der Waals surface area contributed by atoms with Crippen molar-refractivity contribution in [3.8, 4) is 0 Å². The van der Waals surface area contributed by atoms with Gasteiger partial charge in [0.15, 0.2) is 0 Å². The molecule has 0 amide bonds. The summed E-state index contributed by atoms with van der Waals surface area (Å²) in [5.41, 5.74) is 0. The van der Waals surface area contributed by atoms with Crippen LogP contribution in [-0.4, -0.2) is 16.3 Å². The first-order valence-electron chi connectivity index (χ1n) is 5.18. The first-order valence-corrected chi connectivity index (χ1v) is 6.43. The molecule has 0 saturated carbocycles. The van der Waals surface area contributed by atoms with Crippen LogP contribution in [0.4, 0.5) is 0 Å². The lowest BCUT2D eigenvalue weighted by molar-refractivity contribution is 0.461. The van der Waals surface area contributed by atoms with Crippen LogP contribution < -0.4 is 5.09 Å². The SMILES string of the molecule is CCCCCCCCCNP(O)O. The summed E-state index contributed by atoms with van der Waals surface area (Å²) >= 11 is 0. The molecule has 0 bridgehead atoms. The average molecular weight is 207 g/mol. The van der Waals surface area contributed by atoms with Gasteiger partial charge in [-0.25, -0.2) is 0 Å². The number of rotatable bonds is 9. The second-order valence-electron chi connectivity index (χ2n) is 3.32. The van der Waals surface area contributed by atoms with Crippen molar-refractivity contribution in [2.75, 3.05) is 6.54 Å². The predicted molar refractivity (Wildman–Crippen MR) is 57.4 cm³/mol. The lowest BCUT2D eigenvalue weighted by atomic mass is 10.1. The molecule has 13 heavy (non-hydrogen) atoms. The quantitative estimate of drug-likeness (QED) is 0.402. The van der Waals surface area contributed by atoms with E-state index < -0.39 is 8.53 Å². The molecule has 80 valence electrons. The van der Waals surface area contributed by atoms with Crippen molar-refractivity contribution < 1.29 is 9.79 Å². The summed E-state index contributed by atoms with van der Waals surface area (Å²) in [5, 5.41) is 2.62. The van der Waals surface area contributed by atoms with Crippen molar-refractivity contribution in [2.45, 2.75) is 51.9 Å². The fourth-order valence-electron chi connectivity index (χ4n) is 1.26. The Morgan fingerprint density at radius 2 is 1.46 bits per heavy atom. The molecule has 0 aromatic rings. The van der Waals surface area contributed by atoms with Crippen molar-refractivity contribution in [3.63, 3.8) is 0 Å². The molecule has 0 atom stereocenters. The molecule has 0 spiro atoms. The van der Waals surface area contributed by atoms with Gasteiger partial charge in [-0.05, 0) is 6.42 Å². The van der Waals surface area contributed by atoms with Gasteiger partial charge in [0.2, 0.25) is 8.53 Å². The normalized spacial score (nSPS) is 11.1. The molecule has 0 rings (SSSR count). The van der Waals surface area contributed by atoms with E-state index in [4.69, 9.17) is 9.79 Å². The van der Waals surface area contributed by atoms with Gasteiger partial charge in [0, 0.05) is 6.54 Å². The van der Waals surface area contributed by atoms with Gasteiger partial charge in [-0.2, -0.15) is 0 Å². The van der Waals surface area contributed by atoms with Gasteiger partial charge >= 0.3 is 0 Å². The highest BCUT2D eigenvalue weighted by Crippen LogP contribution is 2.15. The van der Waals surface area contributed by atoms with Gasteiger partial charge in [-0.3, -0.25) is 5.09 Å². The molecule has 0 saturated heterocycles. The van der Waals surface area contributed by atoms with E-state index in [9.17, 15) is 0 Å². The van der Waals surface area contributed by atoms with Crippen molar-refractivity contribution in [3.05, 3.63) is 0 Å². The van der Waals surface area contributed by atoms with E-state index in [1.165, 1.54) is 38.5 Å². The highest BCUT2D eigenvalue weighted by molar-refractivity contribution is 7.42. The highest BCUT2D eigenvalue weighted by atomic mass is 31.2. The Bertz CT molecular complexity index is 102. The van der Waals surface area contributed by atoms with Gasteiger partial charge in [-0.15, -0.1) is 0 Å². The molecule has 0 unspecified atom stereocenters. The zero-order chi connectivity index (χ0) is 9.94. The fraction of sp³-hybridized carbons (Fsp3) is 1.00. The van der Waals surface area contributed by atoms with E-state index in [0.717, 1.165) is 13.0 Å². The standard InChI is InChI=1S/C9H22NO2P/c1-2-3-4-5-6-7-8-9-10-13(11)12/h10-12H,2-9H2,1H3. The Kier molecular flexibility index (Phi) is 10.6. The summed E-state index contributed by atoms with van der Waals surface area (Å²) in [6.07, 6.45) is 8.82. The van der Waals surface area contributed by atoms with E-state index in [2.05, 4.69) is 12.0 Å². The molecule has 3 N–H and O–H groups in total. The largest absolute Gasteiger partial charge is 0.338 e. The van der Waals surface area contributed by atoms with Gasteiger partial charge in [-0.1, -0.05) is 45.4 Å². The lowest BCUT2D eigenvalue weighted by Crippen LogP contribution is -2.07. The lowest BCUT2D eigenvalue weighted by Gasteiger charge is -2.04. The molecule has 0 aliphatic rings. The Morgan fingerprint density at radius 1 is 0.923 bits per heavy atom. The number of unbranched alkanes of at least 4 members (excludes halogenated alkanes) is 6. The maximum atomic E-state index is 8.53. The van der Waals surface area contributed by atoms with Crippen LogP contribution in [0.3, 0.4) is 0 Å². The van der Waals surface area contributed by atoms with Crippen molar-refractivity contribution in [1.82, 2.24) is 5.09 Å². The van der Waals surface area contributed by atoms with E-state index in [0.29, 0.717) is 0 Å². The van der Waals surface area contributed by atoms with Crippen LogP contribution >= 0.6 is 8.53 Å². The van der Waals surface area contributed by atoms with Gasteiger partial charge in [0.25, 0.3) is 0 Å². The average Bonchev–Trinajstić information content (AvgIpc) is 2.09.